The van der Waals surface area contributed by atoms with Crippen molar-refractivity contribution in [2.45, 2.75) is 6.61 Å². The number of hydrogen-bond donors (Lipinski definition) is 2. The quantitative estimate of drug-likeness (QED) is 0.700. The van der Waals surface area contributed by atoms with E-state index in [0.29, 0.717) is 5.56 Å². The molecule has 1 aromatic carbocycles. The molecule has 0 saturated carbocycles. The van der Waals surface area contributed by atoms with Crippen molar-refractivity contribution in [3.63, 3.8) is 0 Å². The van der Waals surface area contributed by atoms with E-state index in [1.165, 1.54) is 13.2 Å². The van der Waals surface area contributed by atoms with Crippen LogP contribution in [-0.2, 0) is 6.61 Å². The molecule has 0 atom stereocenters. The highest BCUT2D eigenvalue weighted by molar-refractivity contribution is 5.39. The van der Waals surface area contributed by atoms with Gasteiger partial charge in [0.15, 0.2) is 11.5 Å². The molecule has 3 nitrogen and oxygen atoms in total. The summed E-state index contributed by atoms with van der Waals surface area (Å²) in [5, 5.41) is 17.7. The maximum atomic E-state index is 12.9. The summed E-state index contributed by atoms with van der Waals surface area (Å²) >= 11 is 0. The molecule has 1 rings (SSSR count). The second kappa shape index (κ2) is 3.40. The zero-order valence-corrected chi connectivity index (χ0v) is 6.54. The smallest absolute Gasteiger partial charge is 0.206 e. The summed E-state index contributed by atoms with van der Waals surface area (Å²) in [7, 11) is 1.29. The van der Waals surface area contributed by atoms with E-state index in [1.54, 1.807) is 0 Å². The summed E-state index contributed by atoms with van der Waals surface area (Å²) in [5.74, 6) is -1.40. The number of aromatic hydroxyl groups is 1. The average molecular weight is 172 g/mol. The Kier molecular flexibility index (Phi) is 2.50. The van der Waals surface area contributed by atoms with Crippen LogP contribution in [0.2, 0.25) is 0 Å². The molecule has 0 spiro atoms. The fraction of sp³-hybridized carbons (Fsp3) is 0.250. The van der Waals surface area contributed by atoms with Gasteiger partial charge in [-0.3, -0.25) is 0 Å². The van der Waals surface area contributed by atoms with Gasteiger partial charge in [-0.2, -0.15) is 4.39 Å². The van der Waals surface area contributed by atoms with Crippen LogP contribution in [0.1, 0.15) is 5.56 Å². The Labute approximate surface area is 69.0 Å². The van der Waals surface area contributed by atoms with E-state index in [0.717, 1.165) is 6.07 Å². The number of ether oxygens (including phenoxy) is 1. The van der Waals surface area contributed by atoms with Crippen molar-refractivity contribution < 1.29 is 19.3 Å². The largest absolute Gasteiger partial charge is 0.505 e. The topological polar surface area (TPSA) is 49.7 Å². The van der Waals surface area contributed by atoms with E-state index in [2.05, 4.69) is 4.74 Å². The van der Waals surface area contributed by atoms with Crippen LogP contribution in [0.3, 0.4) is 0 Å². The molecule has 0 amide bonds. The Morgan fingerprint density at radius 1 is 1.50 bits per heavy atom. The van der Waals surface area contributed by atoms with Gasteiger partial charge in [-0.05, 0) is 17.7 Å². The maximum Gasteiger partial charge on any atom is 0.206 e. The fourth-order valence-electron chi connectivity index (χ4n) is 0.878. The minimum absolute atomic E-state index is 0.0703. The van der Waals surface area contributed by atoms with E-state index < -0.39 is 11.6 Å². The molecule has 12 heavy (non-hydrogen) atoms. The number of hydrogen-bond acceptors (Lipinski definition) is 3. The molecule has 0 aliphatic carbocycles. The number of methoxy groups -OCH3 is 1. The van der Waals surface area contributed by atoms with Crippen LogP contribution in [0.5, 0.6) is 11.5 Å². The molecule has 1 aromatic rings. The van der Waals surface area contributed by atoms with Crippen LogP contribution in [0, 0.1) is 5.82 Å². The molecular weight excluding hydrogens is 163 g/mol. The SMILES string of the molecule is COc1cc(CO)cc(O)c1F. The van der Waals surface area contributed by atoms with E-state index >= 15 is 0 Å². The molecule has 0 aromatic heterocycles. The van der Waals surface area contributed by atoms with Crippen molar-refractivity contribution >= 4 is 0 Å². The first kappa shape index (κ1) is 8.80. The molecule has 0 fully saturated rings. The minimum Gasteiger partial charge on any atom is -0.505 e. The van der Waals surface area contributed by atoms with Gasteiger partial charge in [0.05, 0.1) is 13.7 Å². The lowest BCUT2D eigenvalue weighted by Gasteiger charge is -2.05. The van der Waals surface area contributed by atoms with E-state index in [9.17, 15) is 4.39 Å². The number of phenols is 1. The van der Waals surface area contributed by atoms with Crippen LogP contribution >= 0.6 is 0 Å². The number of halogens is 1. The second-order valence-corrected chi connectivity index (χ2v) is 2.29. The number of phenolic OH excluding ortho intramolecular Hbond substituents is 1. The number of aliphatic hydroxyl groups excluding tert-OH is 1. The van der Waals surface area contributed by atoms with Crippen LogP contribution in [0.25, 0.3) is 0 Å². The molecule has 66 valence electrons. The molecular formula is C8H9FO3. The van der Waals surface area contributed by atoms with Gasteiger partial charge in [0.2, 0.25) is 5.82 Å². The maximum absolute atomic E-state index is 12.9. The Bertz CT molecular complexity index is 286. The van der Waals surface area contributed by atoms with E-state index in [4.69, 9.17) is 10.2 Å². The third-order valence-electron chi connectivity index (χ3n) is 1.48. The molecule has 0 aliphatic rings. The van der Waals surface area contributed by atoms with Crippen molar-refractivity contribution in [1.29, 1.82) is 0 Å². The zero-order chi connectivity index (χ0) is 9.14. The summed E-state index contributed by atoms with van der Waals surface area (Å²) < 4.78 is 17.5. The van der Waals surface area contributed by atoms with Crippen molar-refractivity contribution in [3.8, 4) is 11.5 Å². The number of benzene rings is 1. The predicted octanol–water partition coefficient (Wildman–Crippen LogP) is 1.03. The first-order valence-electron chi connectivity index (χ1n) is 3.35. The second-order valence-electron chi connectivity index (χ2n) is 2.29. The van der Waals surface area contributed by atoms with Gasteiger partial charge in [-0.15, -0.1) is 0 Å². The Hall–Kier alpha value is -1.29. The molecule has 0 radical (unpaired) electrons. The Morgan fingerprint density at radius 3 is 2.67 bits per heavy atom. The lowest BCUT2D eigenvalue weighted by molar-refractivity contribution is 0.279. The highest BCUT2D eigenvalue weighted by Gasteiger charge is 2.09. The lowest BCUT2D eigenvalue weighted by atomic mass is 10.2. The third kappa shape index (κ3) is 1.48. The molecule has 0 aliphatic heterocycles. The van der Waals surface area contributed by atoms with E-state index in [-0.39, 0.29) is 12.4 Å². The molecule has 0 unspecified atom stereocenters. The van der Waals surface area contributed by atoms with Gasteiger partial charge in [0, 0.05) is 0 Å². The van der Waals surface area contributed by atoms with Crippen LogP contribution in [0.15, 0.2) is 12.1 Å². The summed E-state index contributed by atoms with van der Waals surface area (Å²) in [6.07, 6.45) is 0. The summed E-state index contributed by atoms with van der Waals surface area (Å²) in [4.78, 5) is 0. The number of aliphatic hydroxyl groups is 1. The molecule has 2 N–H and O–H groups in total. The van der Waals surface area contributed by atoms with Crippen LogP contribution in [-0.4, -0.2) is 17.3 Å². The molecule has 0 bridgehead atoms. The number of rotatable bonds is 2. The normalized spacial score (nSPS) is 9.92. The van der Waals surface area contributed by atoms with Gasteiger partial charge in [-0.25, -0.2) is 0 Å². The molecule has 0 heterocycles. The van der Waals surface area contributed by atoms with Crippen molar-refractivity contribution in [2.24, 2.45) is 0 Å². The fourth-order valence-corrected chi connectivity index (χ4v) is 0.878. The van der Waals surface area contributed by atoms with Gasteiger partial charge < -0.3 is 14.9 Å². The van der Waals surface area contributed by atoms with Crippen molar-refractivity contribution in [3.05, 3.63) is 23.5 Å². The monoisotopic (exact) mass is 172 g/mol. The molecule has 0 saturated heterocycles. The van der Waals surface area contributed by atoms with Crippen molar-refractivity contribution in [1.82, 2.24) is 0 Å². The van der Waals surface area contributed by atoms with Gasteiger partial charge in [0.25, 0.3) is 0 Å². The summed E-state index contributed by atoms with van der Waals surface area (Å²) in [5.41, 5.74) is 0.408. The van der Waals surface area contributed by atoms with Gasteiger partial charge in [-0.1, -0.05) is 0 Å². The average Bonchev–Trinajstić information content (AvgIpc) is 2.09. The third-order valence-corrected chi connectivity index (χ3v) is 1.48. The first-order valence-corrected chi connectivity index (χ1v) is 3.35. The minimum atomic E-state index is -0.810. The van der Waals surface area contributed by atoms with E-state index in [1.807, 2.05) is 0 Å². The first-order chi connectivity index (χ1) is 5.69. The summed E-state index contributed by atoms with van der Waals surface area (Å²) in [6, 6.07) is 2.48. The molecule has 4 heteroatoms. The summed E-state index contributed by atoms with van der Waals surface area (Å²) in [6.45, 7) is -0.260. The van der Waals surface area contributed by atoms with Crippen molar-refractivity contribution in [2.75, 3.05) is 7.11 Å². The Morgan fingerprint density at radius 2 is 2.17 bits per heavy atom. The predicted molar refractivity (Wildman–Crippen MR) is 40.5 cm³/mol. The van der Waals surface area contributed by atoms with Gasteiger partial charge in [0.1, 0.15) is 0 Å². The highest BCUT2D eigenvalue weighted by Crippen LogP contribution is 2.27. The Balaban J connectivity index is 3.19. The lowest BCUT2D eigenvalue weighted by Crippen LogP contribution is -1.91. The van der Waals surface area contributed by atoms with Crippen LogP contribution in [0.4, 0.5) is 4.39 Å². The highest BCUT2D eigenvalue weighted by atomic mass is 19.1. The standard InChI is InChI=1S/C8H9FO3/c1-12-7-3-5(4-10)2-6(11)8(7)9/h2-3,10-11H,4H2,1H3. The zero-order valence-electron chi connectivity index (χ0n) is 6.54. The van der Waals surface area contributed by atoms with Crippen LogP contribution < -0.4 is 4.74 Å². The van der Waals surface area contributed by atoms with Gasteiger partial charge >= 0.3 is 0 Å².